The average Bonchev–Trinajstić information content (AvgIpc) is 3.14. The van der Waals surface area contributed by atoms with Crippen molar-refractivity contribution < 1.29 is 14.4 Å². The topological polar surface area (TPSA) is 65.7 Å². The zero-order valence-corrected chi connectivity index (χ0v) is 16.6. The number of esters is 1. The number of oxime groups is 1. The quantitative estimate of drug-likeness (QED) is 0.284. The minimum absolute atomic E-state index is 0.00309. The van der Waals surface area contributed by atoms with Gasteiger partial charge in [0.25, 0.3) is 0 Å². The van der Waals surface area contributed by atoms with Crippen molar-refractivity contribution in [3.05, 3.63) is 54.6 Å². The molecule has 0 aliphatic rings. The summed E-state index contributed by atoms with van der Waals surface area (Å²) in [5.41, 5.74) is 1.40. The van der Waals surface area contributed by atoms with Gasteiger partial charge in [0, 0.05) is 24.4 Å². The van der Waals surface area contributed by atoms with Crippen LogP contribution in [-0.2, 0) is 14.4 Å². The molecule has 0 aliphatic carbocycles. The van der Waals surface area contributed by atoms with Crippen molar-refractivity contribution in [3.8, 4) is 0 Å². The Balaban J connectivity index is 1.87. The highest BCUT2D eigenvalue weighted by molar-refractivity contribution is 6.02. The van der Waals surface area contributed by atoms with Gasteiger partial charge in [0.05, 0.1) is 12.4 Å². The first kappa shape index (κ1) is 20.7. The molecule has 27 heavy (non-hydrogen) atoms. The number of benzene rings is 1. The van der Waals surface area contributed by atoms with Gasteiger partial charge < -0.3 is 14.1 Å². The van der Waals surface area contributed by atoms with E-state index in [1.807, 2.05) is 61.9 Å². The maximum Gasteiger partial charge on any atom is 0.306 e. The van der Waals surface area contributed by atoms with E-state index in [-0.39, 0.29) is 12.0 Å². The predicted octanol–water partition coefficient (Wildman–Crippen LogP) is 4.38. The van der Waals surface area contributed by atoms with Gasteiger partial charge in [-0.2, -0.15) is 0 Å². The van der Waals surface area contributed by atoms with Crippen LogP contribution in [0.3, 0.4) is 0 Å². The first-order chi connectivity index (χ1) is 12.9. The molecule has 1 aromatic carbocycles. The van der Waals surface area contributed by atoms with Gasteiger partial charge in [-0.1, -0.05) is 35.5 Å². The van der Waals surface area contributed by atoms with Crippen molar-refractivity contribution in [2.24, 2.45) is 5.16 Å². The molecule has 1 heterocycles. The molecule has 1 atom stereocenters. The van der Waals surface area contributed by atoms with Crippen molar-refractivity contribution in [1.82, 2.24) is 9.55 Å². The summed E-state index contributed by atoms with van der Waals surface area (Å²) in [7, 11) is 0. The van der Waals surface area contributed by atoms with Gasteiger partial charge in [0.1, 0.15) is 17.9 Å². The molecule has 2 aromatic rings. The summed E-state index contributed by atoms with van der Waals surface area (Å²) < 4.78 is 7.28. The van der Waals surface area contributed by atoms with Crippen molar-refractivity contribution in [1.29, 1.82) is 0 Å². The Hall–Kier alpha value is -2.63. The number of rotatable bonds is 9. The number of carbonyl (C=O) groups is 1. The van der Waals surface area contributed by atoms with Crippen molar-refractivity contribution in [3.63, 3.8) is 0 Å². The van der Waals surface area contributed by atoms with Crippen LogP contribution in [-0.4, -0.2) is 33.4 Å². The van der Waals surface area contributed by atoms with Crippen LogP contribution in [0.4, 0.5) is 0 Å². The molecule has 1 aromatic heterocycles. The molecule has 6 heteroatoms. The lowest BCUT2D eigenvalue weighted by Gasteiger charge is -2.19. The normalized spacial score (nSPS) is 13.3. The van der Waals surface area contributed by atoms with Gasteiger partial charge in [-0.25, -0.2) is 4.98 Å². The van der Waals surface area contributed by atoms with E-state index in [1.165, 1.54) is 0 Å². The number of carbonyl (C=O) groups excluding carboxylic acids is 1. The van der Waals surface area contributed by atoms with Crippen LogP contribution in [0.15, 0.2) is 54.2 Å². The third kappa shape index (κ3) is 7.25. The van der Waals surface area contributed by atoms with Gasteiger partial charge >= 0.3 is 5.97 Å². The monoisotopic (exact) mass is 371 g/mol. The summed E-state index contributed by atoms with van der Waals surface area (Å²) in [5.74, 6) is -0.176. The minimum Gasteiger partial charge on any atom is -0.460 e. The summed E-state index contributed by atoms with van der Waals surface area (Å²) in [6, 6.07) is 9.95. The zero-order chi connectivity index (χ0) is 19.7. The molecule has 6 nitrogen and oxygen atoms in total. The van der Waals surface area contributed by atoms with Crippen LogP contribution in [0.5, 0.6) is 0 Å². The molecule has 0 bridgehead atoms. The average molecular weight is 371 g/mol. The summed E-state index contributed by atoms with van der Waals surface area (Å²) in [6.07, 6.45) is 7.26. The van der Waals surface area contributed by atoms with Crippen LogP contribution in [0.25, 0.3) is 0 Å². The highest BCUT2D eigenvalue weighted by Gasteiger charge is 2.16. The summed E-state index contributed by atoms with van der Waals surface area (Å²) in [6.45, 7) is 8.12. The molecule has 0 saturated heterocycles. The van der Waals surface area contributed by atoms with Crippen LogP contribution in [0, 0.1) is 0 Å². The standard InChI is InChI=1S/C21H29N3O3/c1-17(24-14-13-22-16-24)20(18-10-6-5-7-11-18)23-26-15-9-8-12-19(25)27-21(2,3)4/h5-7,10-11,13-14,16-17H,8-9,12,15H2,1-4H3/b23-20-. The Morgan fingerprint density at radius 1 is 1.22 bits per heavy atom. The Kier molecular flexibility index (Phi) is 7.58. The number of ether oxygens (including phenoxy) is 1. The second kappa shape index (κ2) is 9.90. The van der Waals surface area contributed by atoms with Crippen LogP contribution in [0.2, 0.25) is 0 Å². The van der Waals surface area contributed by atoms with Gasteiger partial charge in [0.15, 0.2) is 0 Å². The Morgan fingerprint density at radius 2 is 1.96 bits per heavy atom. The third-order valence-electron chi connectivity index (χ3n) is 3.89. The van der Waals surface area contributed by atoms with Crippen molar-refractivity contribution in [2.75, 3.05) is 6.61 Å². The Morgan fingerprint density at radius 3 is 2.59 bits per heavy atom. The molecular weight excluding hydrogens is 342 g/mol. The predicted molar refractivity (Wildman–Crippen MR) is 106 cm³/mol. The fourth-order valence-corrected chi connectivity index (χ4v) is 2.56. The molecule has 0 fully saturated rings. The molecule has 0 aliphatic heterocycles. The van der Waals surface area contributed by atoms with Crippen LogP contribution >= 0.6 is 0 Å². The van der Waals surface area contributed by atoms with E-state index < -0.39 is 5.60 Å². The molecule has 2 rings (SSSR count). The fraction of sp³-hybridized carbons (Fsp3) is 0.476. The van der Waals surface area contributed by atoms with Crippen LogP contribution < -0.4 is 0 Å². The van der Waals surface area contributed by atoms with E-state index in [4.69, 9.17) is 9.57 Å². The largest absolute Gasteiger partial charge is 0.460 e. The maximum absolute atomic E-state index is 11.7. The Labute approximate surface area is 161 Å². The first-order valence-electron chi connectivity index (χ1n) is 9.31. The smallest absolute Gasteiger partial charge is 0.306 e. The van der Waals surface area contributed by atoms with Gasteiger partial charge in [0.2, 0.25) is 0 Å². The number of nitrogens with zero attached hydrogens (tertiary/aromatic N) is 3. The number of aromatic nitrogens is 2. The molecule has 0 N–H and O–H groups in total. The van der Waals surface area contributed by atoms with Crippen molar-refractivity contribution >= 4 is 11.7 Å². The summed E-state index contributed by atoms with van der Waals surface area (Å²) in [5, 5.41) is 4.38. The molecule has 0 spiro atoms. The van der Waals surface area contributed by atoms with Crippen LogP contribution in [0.1, 0.15) is 58.6 Å². The van der Waals surface area contributed by atoms with Gasteiger partial charge in [-0.15, -0.1) is 0 Å². The van der Waals surface area contributed by atoms with E-state index in [2.05, 4.69) is 17.1 Å². The maximum atomic E-state index is 11.7. The highest BCUT2D eigenvalue weighted by Crippen LogP contribution is 2.16. The molecule has 1 unspecified atom stereocenters. The minimum atomic E-state index is -0.439. The van der Waals surface area contributed by atoms with E-state index in [1.54, 1.807) is 12.5 Å². The number of imidazole rings is 1. The lowest BCUT2D eigenvalue weighted by atomic mass is 10.0. The lowest BCUT2D eigenvalue weighted by Crippen LogP contribution is -2.23. The second-order valence-electron chi connectivity index (χ2n) is 7.41. The zero-order valence-electron chi connectivity index (χ0n) is 16.6. The highest BCUT2D eigenvalue weighted by atomic mass is 16.6. The van der Waals surface area contributed by atoms with E-state index in [9.17, 15) is 4.79 Å². The van der Waals surface area contributed by atoms with E-state index >= 15 is 0 Å². The molecular formula is C21H29N3O3. The van der Waals surface area contributed by atoms with Crippen molar-refractivity contribution in [2.45, 2.75) is 58.6 Å². The number of hydrogen-bond donors (Lipinski definition) is 0. The van der Waals surface area contributed by atoms with E-state index in [0.29, 0.717) is 19.4 Å². The fourth-order valence-electron chi connectivity index (χ4n) is 2.56. The SMILES string of the molecule is CC(/C(=N/OCCCCC(=O)OC(C)(C)C)c1ccccc1)n1ccnc1. The second-order valence-corrected chi connectivity index (χ2v) is 7.41. The third-order valence-corrected chi connectivity index (χ3v) is 3.89. The summed E-state index contributed by atoms with van der Waals surface area (Å²) >= 11 is 0. The first-order valence-corrected chi connectivity index (χ1v) is 9.31. The lowest BCUT2D eigenvalue weighted by molar-refractivity contribution is -0.154. The van der Waals surface area contributed by atoms with Gasteiger partial charge in [-0.3, -0.25) is 4.79 Å². The Bertz CT molecular complexity index is 719. The molecule has 0 saturated carbocycles. The number of unbranched alkanes of at least 4 members (excludes halogenated alkanes) is 1. The molecule has 0 amide bonds. The van der Waals surface area contributed by atoms with E-state index in [0.717, 1.165) is 17.7 Å². The molecule has 0 radical (unpaired) electrons. The van der Waals surface area contributed by atoms with Gasteiger partial charge in [-0.05, 0) is 40.5 Å². The molecule has 146 valence electrons. The number of hydrogen-bond acceptors (Lipinski definition) is 5. The summed E-state index contributed by atoms with van der Waals surface area (Å²) in [4.78, 5) is 21.4.